The second kappa shape index (κ2) is 4.37. The zero-order valence-electron chi connectivity index (χ0n) is 8.08. The Balaban J connectivity index is 2.52. The summed E-state index contributed by atoms with van der Waals surface area (Å²) in [6.45, 7) is 4.83. The van der Waals surface area contributed by atoms with E-state index in [9.17, 15) is 9.59 Å². The molecule has 1 saturated heterocycles. The number of hydrogen-bond acceptors (Lipinski definition) is 3. The third-order valence-corrected chi connectivity index (χ3v) is 2.19. The van der Waals surface area contributed by atoms with Crippen LogP contribution in [0.2, 0.25) is 0 Å². The van der Waals surface area contributed by atoms with Crippen molar-refractivity contribution in [1.29, 1.82) is 0 Å². The molecule has 1 aliphatic rings. The van der Waals surface area contributed by atoms with E-state index in [0.29, 0.717) is 26.1 Å². The summed E-state index contributed by atoms with van der Waals surface area (Å²) in [5, 5.41) is 0. The van der Waals surface area contributed by atoms with E-state index in [1.54, 1.807) is 4.90 Å². The molecular weight excluding hydrogens is 170 g/mol. The predicted molar refractivity (Wildman–Crippen MR) is 47.3 cm³/mol. The van der Waals surface area contributed by atoms with Gasteiger partial charge in [-0.25, -0.2) is 0 Å². The van der Waals surface area contributed by atoms with E-state index < -0.39 is 6.10 Å². The van der Waals surface area contributed by atoms with Gasteiger partial charge in [-0.15, -0.1) is 0 Å². The summed E-state index contributed by atoms with van der Waals surface area (Å²) in [6, 6.07) is 0. The molecular formula is C9H15NO3. The molecule has 1 rings (SSSR count). The quantitative estimate of drug-likeness (QED) is 0.618. The zero-order valence-corrected chi connectivity index (χ0v) is 8.08. The highest BCUT2D eigenvalue weighted by Gasteiger charge is 2.28. The van der Waals surface area contributed by atoms with Crippen LogP contribution in [0.25, 0.3) is 0 Å². The van der Waals surface area contributed by atoms with Crippen molar-refractivity contribution in [2.45, 2.75) is 26.4 Å². The SMILES string of the molecule is CCOC1CN(C(C)=O)CCC1=O. The fourth-order valence-electron chi connectivity index (χ4n) is 1.43. The molecule has 1 atom stereocenters. The standard InChI is InChI=1S/C9H15NO3/c1-3-13-9-6-10(7(2)11)5-4-8(9)12/h9H,3-6H2,1-2H3. The number of ketones is 1. The topological polar surface area (TPSA) is 46.6 Å². The summed E-state index contributed by atoms with van der Waals surface area (Å²) >= 11 is 0. The average molecular weight is 185 g/mol. The Bertz CT molecular complexity index is 215. The van der Waals surface area contributed by atoms with Crippen molar-refractivity contribution in [2.75, 3.05) is 19.7 Å². The number of likely N-dealkylation sites (tertiary alicyclic amines) is 1. The minimum atomic E-state index is -0.400. The molecule has 0 N–H and O–H groups in total. The molecule has 0 aromatic carbocycles. The number of piperidine rings is 1. The summed E-state index contributed by atoms with van der Waals surface area (Å²) in [6.07, 6.45) is 0.0206. The first-order valence-electron chi connectivity index (χ1n) is 4.55. The van der Waals surface area contributed by atoms with Crippen LogP contribution in [0.4, 0.5) is 0 Å². The average Bonchev–Trinajstić information content (AvgIpc) is 2.08. The molecule has 1 heterocycles. The molecule has 0 radical (unpaired) electrons. The smallest absolute Gasteiger partial charge is 0.219 e. The van der Waals surface area contributed by atoms with Crippen molar-refractivity contribution in [1.82, 2.24) is 4.90 Å². The van der Waals surface area contributed by atoms with Gasteiger partial charge in [-0.1, -0.05) is 0 Å². The maximum atomic E-state index is 11.3. The fraction of sp³-hybridized carbons (Fsp3) is 0.778. The molecule has 0 spiro atoms. The molecule has 1 aliphatic heterocycles. The number of amides is 1. The highest BCUT2D eigenvalue weighted by atomic mass is 16.5. The van der Waals surface area contributed by atoms with Gasteiger partial charge in [-0.3, -0.25) is 9.59 Å². The Morgan fingerprint density at radius 1 is 1.69 bits per heavy atom. The van der Waals surface area contributed by atoms with Crippen LogP contribution in [0.15, 0.2) is 0 Å². The molecule has 0 aromatic heterocycles. The molecule has 4 nitrogen and oxygen atoms in total. The summed E-state index contributed by atoms with van der Waals surface area (Å²) < 4.78 is 5.23. The van der Waals surface area contributed by atoms with E-state index in [0.717, 1.165) is 0 Å². The second-order valence-electron chi connectivity index (χ2n) is 3.13. The van der Waals surface area contributed by atoms with Gasteiger partial charge < -0.3 is 9.64 Å². The van der Waals surface area contributed by atoms with Crippen molar-refractivity contribution in [3.8, 4) is 0 Å². The zero-order chi connectivity index (χ0) is 9.84. The van der Waals surface area contributed by atoms with Crippen molar-refractivity contribution < 1.29 is 14.3 Å². The lowest BCUT2D eigenvalue weighted by Gasteiger charge is -2.30. The molecule has 4 heteroatoms. The number of rotatable bonds is 2. The lowest BCUT2D eigenvalue weighted by molar-refractivity contribution is -0.142. The summed E-state index contributed by atoms with van der Waals surface area (Å²) in [4.78, 5) is 24.0. The summed E-state index contributed by atoms with van der Waals surface area (Å²) in [7, 11) is 0. The first-order chi connectivity index (χ1) is 6.15. The number of ether oxygens (including phenoxy) is 1. The van der Waals surface area contributed by atoms with Crippen molar-refractivity contribution in [2.24, 2.45) is 0 Å². The van der Waals surface area contributed by atoms with Crippen LogP contribution in [-0.4, -0.2) is 42.4 Å². The Labute approximate surface area is 77.8 Å². The molecule has 1 fully saturated rings. The van der Waals surface area contributed by atoms with Gasteiger partial charge in [0.1, 0.15) is 6.10 Å². The van der Waals surface area contributed by atoms with Crippen molar-refractivity contribution >= 4 is 11.7 Å². The summed E-state index contributed by atoms with van der Waals surface area (Å²) in [5.41, 5.74) is 0. The van der Waals surface area contributed by atoms with Gasteiger partial charge in [-0.2, -0.15) is 0 Å². The second-order valence-corrected chi connectivity index (χ2v) is 3.13. The highest BCUT2D eigenvalue weighted by molar-refractivity contribution is 5.86. The molecule has 0 aliphatic carbocycles. The van der Waals surface area contributed by atoms with Gasteiger partial charge in [0, 0.05) is 26.5 Å². The van der Waals surface area contributed by atoms with Gasteiger partial charge in [0.2, 0.25) is 5.91 Å². The van der Waals surface area contributed by atoms with Crippen LogP contribution in [0.5, 0.6) is 0 Å². The maximum absolute atomic E-state index is 11.3. The lowest BCUT2D eigenvalue weighted by atomic mass is 10.1. The van der Waals surface area contributed by atoms with Crippen LogP contribution in [-0.2, 0) is 14.3 Å². The minimum absolute atomic E-state index is 0.0113. The first kappa shape index (κ1) is 10.2. The Kier molecular flexibility index (Phi) is 3.42. The predicted octanol–water partition coefficient (Wildman–Crippen LogP) is 0.213. The summed E-state index contributed by atoms with van der Waals surface area (Å²) in [5.74, 6) is 0.122. The Morgan fingerprint density at radius 3 is 2.92 bits per heavy atom. The number of carbonyl (C=O) groups excluding carboxylic acids is 2. The molecule has 1 unspecified atom stereocenters. The number of hydrogen-bond donors (Lipinski definition) is 0. The van der Waals surface area contributed by atoms with Crippen LogP contribution < -0.4 is 0 Å². The van der Waals surface area contributed by atoms with E-state index in [2.05, 4.69) is 0 Å². The molecule has 0 aromatic rings. The Hall–Kier alpha value is -0.900. The normalized spacial score (nSPS) is 23.4. The Morgan fingerprint density at radius 2 is 2.38 bits per heavy atom. The number of Topliss-reactive ketones (excluding diaryl/α,β-unsaturated/α-hetero) is 1. The van der Waals surface area contributed by atoms with Gasteiger partial charge in [0.25, 0.3) is 0 Å². The molecule has 0 saturated carbocycles. The van der Waals surface area contributed by atoms with Crippen molar-refractivity contribution in [3.05, 3.63) is 0 Å². The monoisotopic (exact) mass is 185 g/mol. The van der Waals surface area contributed by atoms with E-state index >= 15 is 0 Å². The van der Waals surface area contributed by atoms with Gasteiger partial charge in [-0.05, 0) is 6.92 Å². The molecule has 1 amide bonds. The lowest BCUT2D eigenvalue weighted by Crippen LogP contribution is -2.47. The fourth-order valence-corrected chi connectivity index (χ4v) is 1.43. The van der Waals surface area contributed by atoms with Crippen LogP contribution in [0, 0.1) is 0 Å². The van der Waals surface area contributed by atoms with E-state index in [1.807, 2.05) is 6.92 Å². The third-order valence-electron chi connectivity index (χ3n) is 2.19. The van der Waals surface area contributed by atoms with Gasteiger partial charge >= 0.3 is 0 Å². The highest BCUT2D eigenvalue weighted by Crippen LogP contribution is 2.09. The third kappa shape index (κ3) is 2.52. The molecule has 13 heavy (non-hydrogen) atoms. The maximum Gasteiger partial charge on any atom is 0.219 e. The number of nitrogens with zero attached hydrogens (tertiary/aromatic N) is 1. The molecule has 0 bridgehead atoms. The molecule has 74 valence electrons. The van der Waals surface area contributed by atoms with E-state index in [1.165, 1.54) is 6.92 Å². The van der Waals surface area contributed by atoms with Crippen LogP contribution in [0.3, 0.4) is 0 Å². The minimum Gasteiger partial charge on any atom is -0.369 e. The van der Waals surface area contributed by atoms with Gasteiger partial charge in [0.05, 0.1) is 6.54 Å². The number of carbonyl (C=O) groups is 2. The van der Waals surface area contributed by atoms with Crippen LogP contribution >= 0.6 is 0 Å². The van der Waals surface area contributed by atoms with E-state index in [4.69, 9.17) is 4.74 Å². The first-order valence-corrected chi connectivity index (χ1v) is 4.55. The largest absolute Gasteiger partial charge is 0.369 e. The van der Waals surface area contributed by atoms with E-state index in [-0.39, 0.29) is 11.7 Å². The van der Waals surface area contributed by atoms with Crippen molar-refractivity contribution in [3.63, 3.8) is 0 Å². The van der Waals surface area contributed by atoms with Crippen LogP contribution in [0.1, 0.15) is 20.3 Å². The van der Waals surface area contributed by atoms with Gasteiger partial charge in [0.15, 0.2) is 5.78 Å².